The van der Waals surface area contributed by atoms with Crippen molar-refractivity contribution < 1.29 is 31.2 Å². The first-order valence-electron chi connectivity index (χ1n) is 6.69. The normalized spacial score (nSPS) is 15.5. The Morgan fingerprint density at radius 1 is 1.08 bits per heavy atom. The van der Waals surface area contributed by atoms with Crippen molar-refractivity contribution in [2.75, 3.05) is 0 Å². The first-order chi connectivity index (χ1) is 11.3. The molecule has 0 bridgehead atoms. The molecule has 1 atom stereocenters. The van der Waals surface area contributed by atoms with Crippen LogP contribution in [0, 0.1) is 0 Å². The van der Waals surface area contributed by atoms with Crippen molar-refractivity contribution in [3.8, 4) is 0 Å². The minimum absolute atomic E-state index is 0.233. The van der Waals surface area contributed by atoms with Crippen LogP contribution in [0.5, 0.6) is 0 Å². The summed E-state index contributed by atoms with van der Waals surface area (Å²) in [7, 11) is 0. The lowest BCUT2D eigenvalue weighted by molar-refractivity contribution is -0.268. The second-order valence-electron chi connectivity index (χ2n) is 5.30. The third-order valence-electron chi connectivity index (χ3n) is 3.25. The fraction of sp³-hybridized carbons (Fsp3) is 0.312. The molecule has 0 fully saturated rings. The molecule has 2 nitrogen and oxygen atoms in total. The summed E-state index contributed by atoms with van der Waals surface area (Å²) >= 11 is 5.62. The summed E-state index contributed by atoms with van der Waals surface area (Å²) in [5, 5.41) is 2.30. The Bertz CT molecular complexity index is 708. The van der Waals surface area contributed by atoms with E-state index in [1.807, 2.05) is 0 Å². The SMILES string of the molecule is C=NOC(/C(C)=C/C(=C)C)(c1cc(Cl)cc(C(F)(F)F)c1)C(F)(F)F. The van der Waals surface area contributed by atoms with Crippen LogP contribution in [-0.2, 0) is 16.6 Å². The molecule has 0 saturated carbocycles. The van der Waals surface area contributed by atoms with E-state index in [-0.39, 0.29) is 5.57 Å². The molecule has 1 aromatic carbocycles. The maximum absolute atomic E-state index is 13.9. The number of rotatable bonds is 5. The molecule has 0 radical (unpaired) electrons. The first-order valence-corrected chi connectivity index (χ1v) is 7.07. The standard InChI is InChI=1S/C16H14ClF6NO/c1-9(2)5-10(3)14(25-24-4,16(21,22)23)11-6-12(15(18,19)20)8-13(17)7-11/h5-8H,1,4H2,2-3H3/b10-5+. The molecule has 0 spiro atoms. The number of hydrogen-bond acceptors (Lipinski definition) is 2. The van der Waals surface area contributed by atoms with Crippen LogP contribution in [0.3, 0.4) is 0 Å². The van der Waals surface area contributed by atoms with E-state index in [0.29, 0.717) is 12.1 Å². The van der Waals surface area contributed by atoms with Gasteiger partial charge in [0.15, 0.2) is 0 Å². The number of alkyl halides is 6. The smallest absolute Gasteiger partial charge is 0.371 e. The highest BCUT2D eigenvalue weighted by Crippen LogP contribution is 2.49. The second kappa shape index (κ2) is 7.11. The number of oxime groups is 1. The minimum Gasteiger partial charge on any atom is -0.371 e. The van der Waals surface area contributed by atoms with Crippen LogP contribution >= 0.6 is 11.6 Å². The van der Waals surface area contributed by atoms with Crippen LogP contribution in [0.25, 0.3) is 0 Å². The third kappa shape index (κ3) is 4.36. The molecular formula is C16H14ClF6NO. The van der Waals surface area contributed by atoms with Crippen LogP contribution in [0.4, 0.5) is 26.3 Å². The average molecular weight is 386 g/mol. The van der Waals surface area contributed by atoms with Crippen LogP contribution in [0.2, 0.25) is 5.02 Å². The van der Waals surface area contributed by atoms with Gasteiger partial charge in [-0.3, -0.25) is 0 Å². The van der Waals surface area contributed by atoms with Gasteiger partial charge in [-0.05, 0) is 37.6 Å². The summed E-state index contributed by atoms with van der Waals surface area (Å²) in [6.45, 7) is 8.79. The van der Waals surface area contributed by atoms with Crippen molar-refractivity contribution >= 4 is 18.3 Å². The van der Waals surface area contributed by atoms with E-state index in [2.05, 4.69) is 23.3 Å². The van der Waals surface area contributed by atoms with E-state index in [9.17, 15) is 26.3 Å². The summed E-state index contributed by atoms with van der Waals surface area (Å²) in [5.41, 5.74) is -5.76. The van der Waals surface area contributed by atoms with Crippen LogP contribution in [0.1, 0.15) is 25.0 Å². The predicted octanol–water partition coefficient (Wildman–Crippen LogP) is 6.27. The molecule has 0 amide bonds. The summed E-state index contributed by atoms with van der Waals surface area (Å²) in [5.74, 6) is 0. The Morgan fingerprint density at radius 2 is 1.60 bits per heavy atom. The average Bonchev–Trinajstić information content (AvgIpc) is 2.40. The fourth-order valence-electron chi connectivity index (χ4n) is 2.32. The number of benzene rings is 1. The van der Waals surface area contributed by atoms with Gasteiger partial charge in [-0.15, -0.1) is 5.16 Å². The summed E-state index contributed by atoms with van der Waals surface area (Å²) < 4.78 is 80.7. The molecule has 1 aromatic rings. The predicted molar refractivity (Wildman–Crippen MR) is 83.4 cm³/mol. The lowest BCUT2D eigenvalue weighted by atomic mass is 9.84. The maximum Gasteiger partial charge on any atom is 0.439 e. The molecule has 25 heavy (non-hydrogen) atoms. The number of nitrogens with zero attached hydrogens (tertiary/aromatic N) is 1. The van der Waals surface area contributed by atoms with E-state index in [4.69, 9.17) is 11.6 Å². The van der Waals surface area contributed by atoms with Gasteiger partial charge in [-0.25, -0.2) is 0 Å². The highest BCUT2D eigenvalue weighted by molar-refractivity contribution is 6.30. The van der Waals surface area contributed by atoms with Crippen LogP contribution < -0.4 is 0 Å². The molecule has 0 aromatic heterocycles. The third-order valence-corrected chi connectivity index (χ3v) is 3.47. The zero-order chi connectivity index (χ0) is 19.6. The number of halogens is 7. The largest absolute Gasteiger partial charge is 0.439 e. The lowest BCUT2D eigenvalue weighted by Gasteiger charge is -2.35. The van der Waals surface area contributed by atoms with Crippen molar-refractivity contribution in [2.45, 2.75) is 31.8 Å². The molecule has 1 rings (SSSR count). The molecule has 0 N–H and O–H groups in total. The highest BCUT2D eigenvalue weighted by Gasteiger charge is 2.61. The van der Waals surface area contributed by atoms with Crippen molar-refractivity contribution in [1.82, 2.24) is 0 Å². The van der Waals surface area contributed by atoms with E-state index < -0.39 is 39.7 Å². The van der Waals surface area contributed by atoms with Crippen molar-refractivity contribution in [3.63, 3.8) is 0 Å². The minimum atomic E-state index is -5.15. The van der Waals surface area contributed by atoms with Crippen molar-refractivity contribution in [2.24, 2.45) is 5.16 Å². The van der Waals surface area contributed by atoms with Gasteiger partial charge < -0.3 is 4.84 Å². The van der Waals surface area contributed by atoms with Crippen LogP contribution in [-0.4, -0.2) is 12.9 Å². The fourth-order valence-corrected chi connectivity index (χ4v) is 2.55. The summed E-state index contributed by atoms with van der Waals surface area (Å²) in [4.78, 5) is 4.52. The summed E-state index contributed by atoms with van der Waals surface area (Å²) in [6.07, 6.45) is -9.02. The van der Waals surface area contributed by atoms with Gasteiger partial charge in [0.05, 0.1) is 5.56 Å². The summed E-state index contributed by atoms with van der Waals surface area (Å²) in [6, 6.07) is 1.58. The van der Waals surface area contributed by atoms with Crippen molar-refractivity contribution in [1.29, 1.82) is 0 Å². The zero-order valence-corrected chi connectivity index (χ0v) is 14.0. The maximum atomic E-state index is 13.9. The van der Waals surface area contributed by atoms with E-state index in [1.165, 1.54) is 6.92 Å². The molecule has 1 unspecified atom stereocenters. The molecule has 0 heterocycles. The van der Waals surface area contributed by atoms with Gasteiger partial charge in [0.1, 0.15) is 0 Å². The lowest BCUT2D eigenvalue weighted by Crippen LogP contribution is -2.45. The van der Waals surface area contributed by atoms with Gasteiger partial charge in [0.25, 0.3) is 5.60 Å². The number of hydrogen-bond donors (Lipinski definition) is 0. The Balaban J connectivity index is 3.89. The van der Waals surface area contributed by atoms with Gasteiger partial charge in [-0.1, -0.05) is 29.8 Å². The molecule has 0 aliphatic rings. The Morgan fingerprint density at radius 3 is 2.00 bits per heavy atom. The number of allylic oxidation sites excluding steroid dienone is 2. The van der Waals surface area contributed by atoms with E-state index in [0.717, 1.165) is 19.1 Å². The molecular weight excluding hydrogens is 372 g/mol. The van der Waals surface area contributed by atoms with Gasteiger partial charge in [-0.2, -0.15) is 26.3 Å². The van der Waals surface area contributed by atoms with E-state index in [1.54, 1.807) is 0 Å². The molecule has 9 heteroatoms. The molecule has 138 valence electrons. The Labute approximate surface area is 145 Å². The Hall–Kier alpha value is -1.96. The zero-order valence-electron chi connectivity index (χ0n) is 13.2. The van der Waals surface area contributed by atoms with Crippen molar-refractivity contribution in [3.05, 3.63) is 58.1 Å². The first kappa shape index (κ1) is 21.1. The van der Waals surface area contributed by atoms with Gasteiger partial charge >= 0.3 is 12.4 Å². The quantitative estimate of drug-likeness (QED) is 0.253. The molecule has 0 aliphatic carbocycles. The second-order valence-corrected chi connectivity index (χ2v) is 5.74. The van der Waals surface area contributed by atoms with E-state index >= 15 is 0 Å². The highest BCUT2D eigenvalue weighted by atomic mass is 35.5. The van der Waals surface area contributed by atoms with Crippen LogP contribution in [0.15, 0.2) is 47.2 Å². The molecule has 0 aliphatic heterocycles. The molecule has 0 saturated heterocycles. The van der Waals surface area contributed by atoms with Gasteiger partial charge in [0, 0.05) is 17.3 Å². The monoisotopic (exact) mass is 385 g/mol. The Kier molecular flexibility index (Phi) is 6.00. The van der Waals surface area contributed by atoms with Gasteiger partial charge in [0.2, 0.25) is 0 Å². The topological polar surface area (TPSA) is 21.6 Å².